The normalized spacial score (nSPS) is 17.5. The van der Waals surface area contributed by atoms with Crippen molar-refractivity contribution in [2.75, 3.05) is 31.3 Å². The second kappa shape index (κ2) is 9.09. The fourth-order valence-electron chi connectivity index (χ4n) is 3.76. The van der Waals surface area contributed by atoms with Crippen molar-refractivity contribution in [1.82, 2.24) is 9.62 Å². The molecule has 2 amide bonds. The predicted molar refractivity (Wildman–Crippen MR) is 113 cm³/mol. The average Bonchev–Trinajstić information content (AvgIpc) is 2.91. The number of nitrogens with one attached hydrogen (secondary N) is 1. The van der Waals surface area contributed by atoms with Crippen molar-refractivity contribution in [3.8, 4) is 11.1 Å². The number of sulfonamides is 1. The van der Waals surface area contributed by atoms with E-state index in [0.29, 0.717) is 38.0 Å². The van der Waals surface area contributed by atoms with E-state index in [1.165, 1.54) is 23.1 Å². The Morgan fingerprint density at radius 3 is 2.40 bits per heavy atom. The van der Waals surface area contributed by atoms with Gasteiger partial charge in [-0.15, -0.1) is 0 Å². The number of amides is 2. The number of hydrogen-bond donors (Lipinski definition) is 1. The molecule has 1 heterocycles. The SMILES string of the molecule is CN(C(=O)N1CCCC(NS(C)(=O)=O)CC1)c1ccccc1-c1c(F)cccc1F. The third-order valence-corrected chi connectivity index (χ3v) is 5.93. The minimum atomic E-state index is -3.32. The lowest BCUT2D eigenvalue weighted by Crippen LogP contribution is -2.42. The number of rotatable bonds is 4. The van der Waals surface area contributed by atoms with Crippen LogP contribution in [0.1, 0.15) is 19.3 Å². The lowest BCUT2D eigenvalue weighted by Gasteiger charge is -2.28. The van der Waals surface area contributed by atoms with Crippen molar-refractivity contribution >= 4 is 21.7 Å². The number of urea groups is 1. The topological polar surface area (TPSA) is 69.7 Å². The zero-order valence-electron chi connectivity index (χ0n) is 16.9. The Hall–Kier alpha value is -2.52. The highest BCUT2D eigenvalue weighted by Gasteiger charge is 2.26. The Balaban J connectivity index is 1.82. The number of halogens is 2. The zero-order valence-corrected chi connectivity index (χ0v) is 17.8. The van der Waals surface area contributed by atoms with Crippen LogP contribution in [0.4, 0.5) is 19.3 Å². The molecule has 1 fully saturated rings. The number of carbonyl (C=O) groups excluding carboxylic acids is 1. The molecule has 162 valence electrons. The van der Waals surface area contributed by atoms with Gasteiger partial charge in [-0.05, 0) is 37.5 Å². The largest absolute Gasteiger partial charge is 0.324 e. The molecule has 1 aliphatic heterocycles. The maximum absolute atomic E-state index is 14.4. The van der Waals surface area contributed by atoms with Gasteiger partial charge in [-0.2, -0.15) is 0 Å². The number of para-hydroxylation sites is 1. The third kappa shape index (κ3) is 5.14. The van der Waals surface area contributed by atoms with E-state index in [9.17, 15) is 22.0 Å². The molecule has 6 nitrogen and oxygen atoms in total. The molecule has 0 radical (unpaired) electrons. The summed E-state index contributed by atoms with van der Waals surface area (Å²) in [6.45, 7) is 0.855. The molecule has 0 saturated carbocycles. The van der Waals surface area contributed by atoms with Crippen LogP contribution in [0.2, 0.25) is 0 Å². The zero-order chi connectivity index (χ0) is 21.9. The standard InChI is InChI=1S/C21H25F2N3O3S/c1-25(21(27)26-13-6-7-15(12-14-26)24-30(2,28)29)19-11-4-3-8-16(19)20-17(22)9-5-10-18(20)23/h3-5,8-11,15,24H,6-7,12-14H2,1-2H3. The van der Waals surface area contributed by atoms with Crippen LogP contribution in [0.5, 0.6) is 0 Å². The van der Waals surface area contributed by atoms with Crippen molar-refractivity contribution in [2.24, 2.45) is 0 Å². The summed E-state index contributed by atoms with van der Waals surface area (Å²) in [5, 5.41) is 0. The molecule has 0 aromatic heterocycles. The molecule has 1 aliphatic rings. The fraction of sp³-hybridized carbons (Fsp3) is 0.381. The third-order valence-electron chi connectivity index (χ3n) is 5.16. The number of carbonyl (C=O) groups is 1. The molecule has 0 spiro atoms. The van der Waals surface area contributed by atoms with E-state index in [1.54, 1.807) is 36.2 Å². The van der Waals surface area contributed by atoms with Gasteiger partial charge in [0.05, 0.1) is 17.5 Å². The van der Waals surface area contributed by atoms with Gasteiger partial charge in [0.15, 0.2) is 0 Å². The molecule has 3 rings (SSSR count). The van der Waals surface area contributed by atoms with E-state index in [-0.39, 0.29) is 23.2 Å². The Labute approximate surface area is 175 Å². The summed E-state index contributed by atoms with van der Waals surface area (Å²) >= 11 is 0. The van der Waals surface area contributed by atoms with Gasteiger partial charge < -0.3 is 4.90 Å². The van der Waals surface area contributed by atoms with Gasteiger partial charge in [0, 0.05) is 31.7 Å². The molecule has 2 aromatic rings. The first-order valence-corrected chi connectivity index (χ1v) is 11.6. The Morgan fingerprint density at radius 1 is 1.07 bits per heavy atom. The summed E-state index contributed by atoms with van der Waals surface area (Å²) < 4.78 is 54.3. The number of hydrogen-bond acceptors (Lipinski definition) is 3. The summed E-state index contributed by atoms with van der Waals surface area (Å²) in [6.07, 6.45) is 2.90. The monoisotopic (exact) mass is 437 g/mol. The highest BCUT2D eigenvalue weighted by atomic mass is 32.2. The quantitative estimate of drug-likeness (QED) is 0.795. The first kappa shape index (κ1) is 22.2. The Morgan fingerprint density at radius 2 is 1.73 bits per heavy atom. The van der Waals surface area contributed by atoms with E-state index in [0.717, 1.165) is 6.26 Å². The fourth-order valence-corrected chi connectivity index (χ4v) is 4.60. The summed E-state index contributed by atoms with van der Waals surface area (Å²) in [7, 11) is -1.75. The predicted octanol–water partition coefficient (Wildman–Crippen LogP) is 3.59. The summed E-state index contributed by atoms with van der Waals surface area (Å²) in [5.74, 6) is -1.40. The van der Waals surface area contributed by atoms with Crippen LogP contribution < -0.4 is 9.62 Å². The summed E-state index contributed by atoms with van der Waals surface area (Å²) in [6, 6.07) is 9.72. The van der Waals surface area contributed by atoms with Crippen molar-refractivity contribution in [1.29, 1.82) is 0 Å². The van der Waals surface area contributed by atoms with Gasteiger partial charge in [-0.1, -0.05) is 24.3 Å². The van der Waals surface area contributed by atoms with Gasteiger partial charge in [-0.3, -0.25) is 4.90 Å². The van der Waals surface area contributed by atoms with Crippen LogP contribution in [0.25, 0.3) is 11.1 Å². The second-order valence-electron chi connectivity index (χ2n) is 7.46. The molecule has 2 aromatic carbocycles. The molecule has 9 heteroatoms. The van der Waals surface area contributed by atoms with E-state index in [1.807, 2.05) is 0 Å². The number of anilines is 1. The number of nitrogens with zero attached hydrogens (tertiary/aromatic N) is 2. The average molecular weight is 438 g/mol. The van der Waals surface area contributed by atoms with E-state index >= 15 is 0 Å². The summed E-state index contributed by atoms with van der Waals surface area (Å²) in [5.41, 5.74) is 0.498. The minimum Gasteiger partial charge on any atom is -0.324 e. The summed E-state index contributed by atoms with van der Waals surface area (Å²) in [4.78, 5) is 16.1. The molecular weight excluding hydrogens is 412 g/mol. The molecule has 1 N–H and O–H groups in total. The van der Waals surface area contributed by atoms with Crippen LogP contribution in [-0.4, -0.2) is 51.8 Å². The second-order valence-corrected chi connectivity index (χ2v) is 9.24. The molecule has 0 aliphatic carbocycles. The number of likely N-dealkylation sites (tertiary alicyclic amines) is 1. The van der Waals surface area contributed by atoms with E-state index in [4.69, 9.17) is 0 Å². The van der Waals surface area contributed by atoms with Crippen LogP contribution in [-0.2, 0) is 10.0 Å². The van der Waals surface area contributed by atoms with Crippen LogP contribution >= 0.6 is 0 Å². The molecule has 1 unspecified atom stereocenters. The lowest BCUT2D eigenvalue weighted by atomic mass is 10.0. The van der Waals surface area contributed by atoms with Gasteiger partial charge >= 0.3 is 6.03 Å². The minimum absolute atomic E-state index is 0.180. The maximum atomic E-state index is 14.4. The van der Waals surface area contributed by atoms with Crippen LogP contribution in [0.3, 0.4) is 0 Å². The van der Waals surface area contributed by atoms with Crippen LogP contribution in [0.15, 0.2) is 42.5 Å². The Kier molecular flexibility index (Phi) is 6.72. The maximum Gasteiger partial charge on any atom is 0.324 e. The van der Waals surface area contributed by atoms with Gasteiger partial charge in [-0.25, -0.2) is 26.7 Å². The smallest absolute Gasteiger partial charge is 0.324 e. The van der Waals surface area contributed by atoms with Gasteiger partial charge in [0.25, 0.3) is 0 Å². The molecule has 30 heavy (non-hydrogen) atoms. The molecule has 1 atom stereocenters. The van der Waals surface area contributed by atoms with Crippen molar-refractivity contribution in [2.45, 2.75) is 25.3 Å². The first-order chi connectivity index (χ1) is 14.2. The Bertz CT molecular complexity index is 1010. The van der Waals surface area contributed by atoms with Crippen molar-refractivity contribution < 1.29 is 22.0 Å². The highest BCUT2D eigenvalue weighted by molar-refractivity contribution is 7.88. The van der Waals surface area contributed by atoms with Crippen molar-refractivity contribution in [3.05, 3.63) is 54.1 Å². The van der Waals surface area contributed by atoms with E-state index < -0.39 is 21.7 Å². The van der Waals surface area contributed by atoms with Gasteiger partial charge in [0.2, 0.25) is 10.0 Å². The highest BCUT2D eigenvalue weighted by Crippen LogP contribution is 2.34. The molecule has 1 saturated heterocycles. The molecule has 0 bridgehead atoms. The lowest BCUT2D eigenvalue weighted by molar-refractivity contribution is 0.207. The van der Waals surface area contributed by atoms with Gasteiger partial charge in [0.1, 0.15) is 11.6 Å². The first-order valence-electron chi connectivity index (χ1n) is 9.70. The van der Waals surface area contributed by atoms with E-state index in [2.05, 4.69) is 4.72 Å². The van der Waals surface area contributed by atoms with Crippen LogP contribution in [0, 0.1) is 11.6 Å². The van der Waals surface area contributed by atoms with Crippen molar-refractivity contribution in [3.63, 3.8) is 0 Å². The number of benzene rings is 2. The molecular formula is C21H25F2N3O3S.